The van der Waals surface area contributed by atoms with Gasteiger partial charge in [-0.2, -0.15) is 0 Å². The van der Waals surface area contributed by atoms with Gasteiger partial charge in [-0.1, -0.05) is 39.8 Å². The number of sulfonamides is 1. The minimum Gasteiger partial charge on any atom is -0.329 e. The molecule has 0 amide bonds. The molecule has 0 radical (unpaired) electrons. The summed E-state index contributed by atoms with van der Waals surface area (Å²) in [6.07, 6.45) is 0. The fourth-order valence-corrected chi connectivity index (χ4v) is 3.34. The molecular formula is C15H26N2O2S. The van der Waals surface area contributed by atoms with Crippen LogP contribution in [0.25, 0.3) is 0 Å². The molecule has 0 fully saturated rings. The molecule has 114 valence electrons. The first-order chi connectivity index (χ1) is 9.12. The van der Waals surface area contributed by atoms with Gasteiger partial charge in [-0.05, 0) is 36.5 Å². The van der Waals surface area contributed by atoms with Crippen molar-refractivity contribution in [2.24, 2.45) is 11.7 Å². The van der Waals surface area contributed by atoms with E-state index in [9.17, 15) is 8.42 Å². The zero-order valence-electron chi connectivity index (χ0n) is 13.0. The van der Waals surface area contributed by atoms with Crippen molar-refractivity contribution in [3.63, 3.8) is 0 Å². The van der Waals surface area contributed by atoms with E-state index >= 15 is 0 Å². The van der Waals surface area contributed by atoms with E-state index in [1.54, 1.807) is 12.1 Å². The average molecular weight is 298 g/mol. The van der Waals surface area contributed by atoms with Crippen LogP contribution in [0.1, 0.15) is 46.1 Å². The summed E-state index contributed by atoms with van der Waals surface area (Å²) in [6.45, 7) is 10.2. The lowest BCUT2D eigenvalue weighted by Crippen LogP contribution is -2.54. The monoisotopic (exact) mass is 298 g/mol. The van der Waals surface area contributed by atoms with E-state index in [4.69, 9.17) is 5.73 Å². The van der Waals surface area contributed by atoms with Gasteiger partial charge in [-0.25, -0.2) is 13.1 Å². The molecule has 1 rings (SSSR count). The Morgan fingerprint density at radius 3 is 2.00 bits per heavy atom. The number of nitrogens with one attached hydrogen (secondary N) is 1. The lowest BCUT2D eigenvalue weighted by atomic mass is 9.90. The molecule has 0 aromatic heterocycles. The molecule has 4 nitrogen and oxygen atoms in total. The molecule has 0 saturated carbocycles. The topological polar surface area (TPSA) is 72.2 Å². The maximum atomic E-state index is 12.4. The standard InChI is InChI=1S/C15H26N2O2S/c1-11(2)13-6-8-14(9-7-13)20(18,19)17-15(5,10-16)12(3)4/h6-9,11-12,17H,10,16H2,1-5H3. The third-order valence-electron chi connectivity index (χ3n) is 3.92. The summed E-state index contributed by atoms with van der Waals surface area (Å²) in [7, 11) is -3.55. The number of benzene rings is 1. The fourth-order valence-electron chi connectivity index (χ4n) is 1.79. The van der Waals surface area contributed by atoms with Crippen molar-refractivity contribution in [3.05, 3.63) is 29.8 Å². The number of hydrogen-bond acceptors (Lipinski definition) is 3. The van der Waals surface area contributed by atoms with Gasteiger partial charge >= 0.3 is 0 Å². The lowest BCUT2D eigenvalue weighted by molar-refractivity contribution is 0.315. The minimum absolute atomic E-state index is 0.109. The average Bonchev–Trinajstić information content (AvgIpc) is 2.38. The molecule has 1 atom stereocenters. The summed E-state index contributed by atoms with van der Waals surface area (Å²) < 4.78 is 27.6. The summed E-state index contributed by atoms with van der Waals surface area (Å²) >= 11 is 0. The first-order valence-corrected chi connectivity index (χ1v) is 8.44. The van der Waals surface area contributed by atoms with Gasteiger partial charge in [-0.3, -0.25) is 0 Å². The van der Waals surface area contributed by atoms with Crippen LogP contribution in [0.15, 0.2) is 29.2 Å². The highest BCUT2D eigenvalue weighted by Gasteiger charge is 2.32. The van der Waals surface area contributed by atoms with Crippen molar-refractivity contribution in [2.45, 2.75) is 51.0 Å². The van der Waals surface area contributed by atoms with Gasteiger partial charge in [0.1, 0.15) is 0 Å². The molecule has 0 aliphatic heterocycles. The summed E-state index contributed by atoms with van der Waals surface area (Å²) in [5.41, 5.74) is 6.21. The zero-order chi connectivity index (χ0) is 15.6. The van der Waals surface area contributed by atoms with Crippen molar-refractivity contribution >= 4 is 10.0 Å². The van der Waals surface area contributed by atoms with Crippen molar-refractivity contribution in [1.82, 2.24) is 4.72 Å². The molecule has 0 aliphatic carbocycles. The maximum Gasteiger partial charge on any atom is 0.241 e. The van der Waals surface area contributed by atoms with Gasteiger partial charge in [0, 0.05) is 12.1 Å². The summed E-state index contributed by atoms with van der Waals surface area (Å²) in [4.78, 5) is 0.280. The van der Waals surface area contributed by atoms with Crippen LogP contribution in [0.3, 0.4) is 0 Å². The van der Waals surface area contributed by atoms with E-state index in [2.05, 4.69) is 18.6 Å². The van der Waals surface area contributed by atoms with Gasteiger partial charge in [0.15, 0.2) is 0 Å². The molecule has 0 spiro atoms. The molecule has 3 N–H and O–H groups in total. The van der Waals surface area contributed by atoms with Gasteiger partial charge in [0.05, 0.1) is 4.90 Å². The van der Waals surface area contributed by atoms with E-state index in [-0.39, 0.29) is 17.4 Å². The van der Waals surface area contributed by atoms with Crippen molar-refractivity contribution in [3.8, 4) is 0 Å². The van der Waals surface area contributed by atoms with E-state index in [0.29, 0.717) is 5.92 Å². The number of hydrogen-bond donors (Lipinski definition) is 2. The predicted octanol–water partition coefficient (Wildman–Crippen LogP) is 2.46. The van der Waals surface area contributed by atoms with Crippen LogP contribution in [0, 0.1) is 5.92 Å². The normalized spacial score (nSPS) is 15.6. The van der Waals surface area contributed by atoms with Crippen LogP contribution in [-0.4, -0.2) is 20.5 Å². The Morgan fingerprint density at radius 1 is 1.15 bits per heavy atom. The van der Waals surface area contributed by atoms with Crippen LogP contribution in [0.4, 0.5) is 0 Å². The maximum absolute atomic E-state index is 12.4. The zero-order valence-corrected chi connectivity index (χ0v) is 13.8. The third kappa shape index (κ3) is 3.81. The summed E-state index contributed by atoms with van der Waals surface area (Å²) in [5.74, 6) is 0.488. The second-order valence-corrected chi connectivity index (χ2v) is 7.79. The first-order valence-electron chi connectivity index (χ1n) is 6.96. The molecule has 5 heteroatoms. The van der Waals surface area contributed by atoms with Gasteiger partial charge in [0.2, 0.25) is 10.0 Å². The van der Waals surface area contributed by atoms with Crippen LogP contribution >= 0.6 is 0 Å². The van der Waals surface area contributed by atoms with Gasteiger partial charge in [-0.15, -0.1) is 0 Å². The largest absolute Gasteiger partial charge is 0.329 e. The van der Waals surface area contributed by atoms with E-state index in [0.717, 1.165) is 5.56 Å². The van der Waals surface area contributed by atoms with Crippen molar-refractivity contribution < 1.29 is 8.42 Å². The molecule has 0 bridgehead atoms. The number of rotatable bonds is 6. The molecule has 0 saturated heterocycles. The molecule has 1 aromatic carbocycles. The Balaban J connectivity index is 3.05. The highest BCUT2D eigenvalue weighted by Crippen LogP contribution is 2.21. The molecule has 20 heavy (non-hydrogen) atoms. The molecule has 0 heterocycles. The predicted molar refractivity (Wildman–Crippen MR) is 83.1 cm³/mol. The second kappa shape index (κ2) is 6.24. The van der Waals surface area contributed by atoms with Crippen molar-refractivity contribution in [1.29, 1.82) is 0 Å². The smallest absolute Gasteiger partial charge is 0.241 e. The Labute approximate surface area is 122 Å². The molecule has 1 aromatic rings. The Morgan fingerprint density at radius 2 is 1.65 bits per heavy atom. The highest BCUT2D eigenvalue weighted by atomic mass is 32.2. The van der Waals surface area contributed by atoms with E-state index < -0.39 is 15.6 Å². The van der Waals surface area contributed by atoms with Crippen LogP contribution in [0.2, 0.25) is 0 Å². The molecule has 0 aliphatic rings. The molecule has 1 unspecified atom stereocenters. The van der Waals surface area contributed by atoms with Gasteiger partial charge < -0.3 is 5.73 Å². The minimum atomic E-state index is -3.55. The Hall–Kier alpha value is -0.910. The number of nitrogens with two attached hydrogens (primary N) is 1. The van der Waals surface area contributed by atoms with Crippen LogP contribution < -0.4 is 10.5 Å². The lowest BCUT2D eigenvalue weighted by Gasteiger charge is -2.33. The van der Waals surface area contributed by atoms with E-state index in [1.807, 2.05) is 32.9 Å². The van der Waals surface area contributed by atoms with Gasteiger partial charge in [0.25, 0.3) is 0 Å². The molecular weight excluding hydrogens is 272 g/mol. The first kappa shape index (κ1) is 17.1. The Bertz CT molecular complexity index is 535. The SMILES string of the molecule is CC(C)c1ccc(S(=O)(=O)NC(C)(CN)C(C)C)cc1. The van der Waals surface area contributed by atoms with Crippen LogP contribution in [0.5, 0.6) is 0 Å². The second-order valence-electron chi connectivity index (χ2n) is 6.11. The van der Waals surface area contributed by atoms with Crippen molar-refractivity contribution in [2.75, 3.05) is 6.54 Å². The summed E-state index contributed by atoms with van der Waals surface area (Å²) in [6, 6.07) is 7.01. The van der Waals surface area contributed by atoms with E-state index in [1.165, 1.54) is 0 Å². The summed E-state index contributed by atoms with van der Waals surface area (Å²) in [5, 5.41) is 0. The Kier molecular flexibility index (Phi) is 5.35. The third-order valence-corrected chi connectivity index (χ3v) is 5.55. The quantitative estimate of drug-likeness (QED) is 0.847. The highest BCUT2D eigenvalue weighted by molar-refractivity contribution is 7.89. The fraction of sp³-hybridized carbons (Fsp3) is 0.600. The van der Waals surface area contributed by atoms with Crippen LogP contribution in [-0.2, 0) is 10.0 Å².